The van der Waals surface area contributed by atoms with E-state index in [4.69, 9.17) is 32.8 Å². The summed E-state index contributed by atoms with van der Waals surface area (Å²) in [5.41, 5.74) is -6.06. The maximum Gasteiger partial charge on any atom is 0.374 e. The Bertz CT molecular complexity index is 1710. The molecule has 6 rings (SSSR count). The van der Waals surface area contributed by atoms with Crippen molar-refractivity contribution < 1.29 is 57.1 Å². The van der Waals surface area contributed by atoms with Crippen molar-refractivity contribution in [1.29, 1.82) is 0 Å². The average molecular weight is 677 g/mol. The Morgan fingerprint density at radius 1 is 0.776 bits per heavy atom. The monoisotopic (exact) mass is 676 g/mol. The highest BCUT2D eigenvalue weighted by molar-refractivity contribution is 5.90. The number of fused-ring (bicyclic) bond motifs is 1. The van der Waals surface area contributed by atoms with Crippen LogP contribution in [0.2, 0.25) is 0 Å². The van der Waals surface area contributed by atoms with Gasteiger partial charge in [-0.25, -0.2) is 14.4 Å². The minimum Gasteiger partial charge on any atom is -0.497 e. The Hall–Kier alpha value is -4.68. The summed E-state index contributed by atoms with van der Waals surface area (Å²) < 4.78 is 42.0. The zero-order chi connectivity index (χ0) is 35.4. The zero-order valence-electron chi connectivity index (χ0n) is 28.2. The van der Waals surface area contributed by atoms with E-state index in [-0.39, 0.29) is 29.7 Å². The van der Waals surface area contributed by atoms with Crippen LogP contribution in [0.15, 0.2) is 77.4 Å². The fourth-order valence-electron chi connectivity index (χ4n) is 8.25. The maximum atomic E-state index is 13.8. The number of hydrogen-bond donors (Lipinski definition) is 1. The van der Waals surface area contributed by atoms with Crippen molar-refractivity contribution in [3.8, 4) is 5.75 Å². The molecular formula is C37H40O12. The predicted molar refractivity (Wildman–Crippen MR) is 171 cm³/mol. The summed E-state index contributed by atoms with van der Waals surface area (Å²) in [6, 6.07) is 17.6. The quantitative estimate of drug-likeness (QED) is 0.254. The van der Waals surface area contributed by atoms with Crippen molar-refractivity contribution in [2.24, 2.45) is 11.3 Å². The van der Waals surface area contributed by atoms with Crippen LogP contribution in [0.4, 0.5) is 0 Å². The molecule has 12 heteroatoms. The van der Waals surface area contributed by atoms with E-state index in [0.717, 1.165) is 0 Å². The van der Waals surface area contributed by atoms with Crippen LogP contribution in [0.3, 0.4) is 0 Å². The molecule has 8 atom stereocenters. The highest BCUT2D eigenvalue weighted by atomic mass is 16.6. The molecule has 1 spiro atoms. The number of esters is 4. The third-order valence-electron chi connectivity index (χ3n) is 10.4. The molecule has 1 aromatic heterocycles. The highest BCUT2D eigenvalue weighted by Crippen LogP contribution is 2.69. The number of benzene rings is 2. The highest BCUT2D eigenvalue weighted by Gasteiger charge is 2.84. The van der Waals surface area contributed by atoms with Crippen LogP contribution in [0, 0.1) is 11.3 Å². The predicted octanol–water partition coefficient (Wildman–Crippen LogP) is 4.93. The number of carbonyl (C=O) groups excluding carboxylic acids is 4. The van der Waals surface area contributed by atoms with Gasteiger partial charge in [0.2, 0.25) is 5.76 Å². The Morgan fingerprint density at radius 3 is 2.04 bits per heavy atom. The number of aliphatic hydroxyl groups is 1. The first-order valence-corrected chi connectivity index (χ1v) is 16.1. The molecule has 2 saturated carbocycles. The van der Waals surface area contributed by atoms with Crippen LogP contribution in [0.25, 0.3) is 0 Å². The standard InChI is InChI=1S/C37H40O12/c1-21(38)45-30-27(46-31(39)22-11-8-7-9-12-22)20-35(4,42)37-29(48-32(40)23-14-16-24(43-6)17-15-23)25(34(2,3)49-37)19-28(36(30,37)5)47-33(41)26-13-10-18-44-26/h7-18,25,27-30,42H,19-20H2,1-6H3/t25-,27+,28+,29-,30+,35+,36-,37+/m1/s1. The number of hydrogen-bond acceptors (Lipinski definition) is 12. The molecule has 1 N–H and O–H groups in total. The van der Waals surface area contributed by atoms with Crippen molar-refractivity contribution in [2.45, 2.75) is 88.7 Å². The minimum atomic E-state index is -1.92. The van der Waals surface area contributed by atoms with Crippen LogP contribution in [-0.2, 0) is 28.5 Å². The van der Waals surface area contributed by atoms with E-state index in [1.165, 1.54) is 39.4 Å². The van der Waals surface area contributed by atoms with Crippen molar-refractivity contribution in [2.75, 3.05) is 7.11 Å². The maximum absolute atomic E-state index is 13.8. The Kier molecular flexibility index (Phi) is 8.60. The SMILES string of the molecule is COc1ccc(C(=O)O[C@@H]2[C@H]3C[C@H](OC(=O)c4ccco4)[C@]4(C)[C@@H](OC(C)=O)[C@@H](OC(=O)c5ccccc5)C[C@](C)(O)[C@@]24OC3(C)C)cc1. The van der Waals surface area contributed by atoms with E-state index in [1.807, 2.05) is 0 Å². The summed E-state index contributed by atoms with van der Waals surface area (Å²) in [5.74, 6) is -3.08. The molecule has 2 bridgehead atoms. The summed E-state index contributed by atoms with van der Waals surface area (Å²) in [5, 5.41) is 12.7. The second-order valence-electron chi connectivity index (χ2n) is 13.8. The third kappa shape index (κ3) is 5.56. The van der Waals surface area contributed by atoms with E-state index >= 15 is 0 Å². The van der Waals surface area contributed by atoms with Gasteiger partial charge in [-0.15, -0.1) is 0 Å². The molecule has 0 radical (unpaired) electrons. The van der Waals surface area contributed by atoms with Crippen molar-refractivity contribution in [3.05, 3.63) is 89.9 Å². The summed E-state index contributed by atoms with van der Waals surface area (Å²) in [6.07, 6.45) is -3.74. The zero-order valence-corrected chi connectivity index (χ0v) is 28.2. The molecule has 3 aromatic rings. The molecule has 49 heavy (non-hydrogen) atoms. The van der Waals surface area contributed by atoms with Crippen molar-refractivity contribution >= 4 is 23.9 Å². The van der Waals surface area contributed by atoms with Crippen molar-refractivity contribution in [1.82, 2.24) is 0 Å². The fraction of sp³-hybridized carbons (Fsp3) is 0.459. The second-order valence-corrected chi connectivity index (χ2v) is 13.8. The van der Waals surface area contributed by atoms with Gasteiger partial charge >= 0.3 is 23.9 Å². The topological polar surface area (TPSA) is 157 Å². The van der Waals surface area contributed by atoms with Gasteiger partial charge in [0.05, 0.1) is 41.1 Å². The molecule has 3 fully saturated rings. The lowest BCUT2D eigenvalue weighted by atomic mass is 9.47. The van der Waals surface area contributed by atoms with Crippen LogP contribution in [0.1, 0.15) is 78.7 Å². The van der Waals surface area contributed by atoms with Crippen LogP contribution in [-0.4, -0.2) is 77.3 Å². The van der Waals surface area contributed by atoms with Gasteiger partial charge in [0.1, 0.15) is 29.7 Å². The molecule has 12 nitrogen and oxygen atoms in total. The number of carbonyl (C=O) groups is 4. The second kappa shape index (κ2) is 12.3. The van der Waals surface area contributed by atoms with Gasteiger partial charge in [-0.3, -0.25) is 4.79 Å². The van der Waals surface area contributed by atoms with E-state index < -0.39 is 76.4 Å². The normalized spacial score (nSPS) is 32.7. The van der Waals surface area contributed by atoms with Gasteiger partial charge in [-0.05, 0) is 82.6 Å². The van der Waals surface area contributed by atoms with Gasteiger partial charge in [0.25, 0.3) is 0 Å². The molecular weight excluding hydrogens is 636 g/mol. The summed E-state index contributed by atoms with van der Waals surface area (Å²) >= 11 is 0. The first-order valence-electron chi connectivity index (χ1n) is 16.1. The lowest BCUT2D eigenvalue weighted by molar-refractivity contribution is -0.342. The Morgan fingerprint density at radius 2 is 1.43 bits per heavy atom. The first-order chi connectivity index (χ1) is 23.1. The van der Waals surface area contributed by atoms with Crippen LogP contribution < -0.4 is 4.74 Å². The summed E-state index contributed by atoms with van der Waals surface area (Å²) in [4.78, 5) is 53.6. The van der Waals surface area contributed by atoms with Gasteiger partial charge in [0.15, 0.2) is 6.10 Å². The smallest absolute Gasteiger partial charge is 0.374 e. The molecule has 0 unspecified atom stereocenters. The molecule has 2 heterocycles. The number of ether oxygens (including phenoxy) is 6. The summed E-state index contributed by atoms with van der Waals surface area (Å²) in [7, 11) is 1.51. The van der Waals surface area contributed by atoms with Crippen LogP contribution in [0.5, 0.6) is 5.75 Å². The third-order valence-corrected chi connectivity index (χ3v) is 10.4. The van der Waals surface area contributed by atoms with E-state index in [1.54, 1.807) is 75.4 Å². The fourth-order valence-corrected chi connectivity index (χ4v) is 8.25. The van der Waals surface area contributed by atoms with Crippen molar-refractivity contribution in [3.63, 3.8) is 0 Å². The Labute approximate surface area is 283 Å². The average Bonchev–Trinajstić information content (AvgIpc) is 3.66. The van der Waals surface area contributed by atoms with E-state index in [2.05, 4.69) is 0 Å². The largest absolute Gasteiger partial charge is 0.497 e. The van der Waals surface area contributed by atoms with Gasteiger partial charge < -0.3 is 37.9 Å². The lowest BCUT2D eigenvalue weighted by Crippen LogP contribution is -2.81. The molecule has 2 aliphatic carbocycles. The number of furan rings is 1. The van der Waals surface area contributed by atoms with E-state index in [0.29, 0.717) is 5.75 Å². The Balaban J connectivity index is 1.50. The molecule has 2 aromatic carbocycles. The molecule has 1 saturated heterocycles. The number of rotatable bonds is 8. The molecule has 3 aliphatic rings. The summed E-state index contributed by atoms with van der Waals surface area (Å²) in [6.45, 7) is 7.95. The number of methoxy groups -OCH3 is 1. The van der Waals surface area contributed by atoms with Gasteiger partial charge in [-0.1, -0.05) is 18.2 Å². The molecule has 1 aliphatic heterocycles. The lowest BCUT2D eigenvalue weighted by Gasteiger charge is -2.65. The first kappa shape index (κ1) is 34.2. The van der Waals surface area contributed by atoms with Gasteiger partial charge in [0, 0.05) is 19.3 Å². The molecule has 0 amide bonds. The minimum absolute atomic E-state index is 0.0610. The van der Waals surface area contributed by atoms with Crippen LogP contribution >= 0.6 is 0 Å². The van der Waals surface area contributed by atoms with E-state index in [9.17, 15) is 24.3 Å². The van der Waals surface area contributed by atoms with Gasteiger partial charge in [-0.2, -0.15) is 0 Å². The molecule has 260 valence electrons.